The van der Waals surface area contributed by atoms with E-state index in [-0.39, 0.29) is 0 Å². The molecule has 2 nitrogen and oxygen atoms in total. The van der Waals surface area contributed by atoms with E-state index in [2.05, 4.69) is 11.9 Å². The lowest BCUT2D eigenvalue weighted by molar-refractivity contribution is -0.105. The number of hydrogen-bond acceptors (Lipinski definition) is 2. The smallest absolute Gasteiger partial charge is 0.145 e. The third kappa shape index (κ3) is 2.85. The van der Waals surface area contributed by atoms with Gasteiger partial charge in [0.25, 0.3) is 0 Å². The zero-order chi connectivity index (χ0) is 8.10. The van der Waals surface area contributed by atoms with Crippen molar-refractivity contribution in [1.29, 1.82) is 0 Å². The molecule has 0 aromatic heterocycles. The lowest BCUT2D eigenvalue weighted by atomic mass is 9.99. The SMILES string of the molecule is C=C(C=O)CC1CCCCN1. The van der Waals surface area contributed by atoms with Crippen LogP contribution in [0.25, 0.3) is 0 Å². The number of piperidine rings is 1. The van der Waals surface area contributed by atoms with E-state index in [1.54, 1.807) is 0 Å². The molecule has 1 rings (SSSR count). The van der Waals surface area contributed by atoms with Gasteiger partial charge in [-0.1, -0.05) is 13.0 Å². The van der Waals surface area contributed by atoms with E-state index < -0.39 is 0 Å². The van der Waals surface area contributed by atoms with Crippen LogP contribution in [0.2, 0.25) is 0 Å². The van der Waals surface area contributed by atoms with E-state index in [4.69, 9.17) is 0 Å². The molecule has 0 aromatic carbocycles. The van der Waals surface area contributed by atoms with Gasteiger partial charge >= 0.3 is 0 Å². The molecule has 1 fully saturated rings. The lowest BCUT2D eigenvalue weighted by Gasteiger charge is -2.22. The van der Waals surface area contributed by atoms with Crippen LogP contribution in [-0.4, -0.2) is 18.9 Å². The molecule has 1 atom stereocenters. The molecule has 0 saturated carbocycles. The van der Waals surface area contributed by atoms with Crippen LogP contribution in [0.5, 0.6) is 0 Å². The maximum Gasteiger partial charge on any atom is 0.145 e. The van der Waals surface area contributed by atoms with Crippen molar-refractivity contribution in [3.63, 3.8) is 0 Å². The Balaban J connectivity index is 2.24. The standard InChI is InChI=1S/C9H15NO/c1-8(7-11)6-9-4-2-3-5-10-9/h7,9-10H,1-6H2. The quantitative estimate of drug-likeness (QED) is 0.488. The Morgan fingerprint density at radius 3 is 3.00 bits per heavy atom. The maximum absolute atomic E-state index is 10.3. The van der Waals surface area contributed by atoms with Crippen molar-refractivity contribution >= 4 is 6.29 Å². The van der Waals surface area contributed by atoms with E-state index >= 15 is 0 Å². The fourth-order valence-corrected chi connectivity index (χ4v) is 1.46. The van der Waals surface area contributed by atoms with E-state index in [1.807, 2.05) is 0 Å². The number of nitrogens with one attached hydrogen (secondary N) is 1. The summed E-state index contributed by atoms with van der Waals surface area (Å²) in [6, 6.07) is 0.501. The molecule has 1 aliphatic rings. The summed E-state index contributed by atoms with van der Waals surface area (Å²) >= 11 is 0. The summed E-state index contributed by atoms with van der Waals surface area (Å²) in [5, 5.41) is 3.36. The van der Waals surface area contributed by atoms with Gasteiger partial charge in [-0.25, -0.2) is 0 Å². The van der Waals surface area contributed by atoms with Gasteiger partial charge in [-0.15, -0.1) is 0 Å². The highest BCUT2D eigenvalue weighted by Gasteiger charge is 2.12. The summed E-state index contributed by atoms with van der Waals surface area (Å²) in [5.41, 5.74) is 0.712. The first-order chi connectivity index (χ1) is 5.33. The molecule has 0 bridgehead atoms. The van der Waals surface area contributed by atoms with Crippen molar-refractivity contribution in [2.45, 2.75) is 31.7 Å². The highest BCUT2D eigenvalue weighted by molar-refractivity contribution is 5.72. The van der Waals surface area contributed by atoms with E-state index in [0.717, 1.165) is 19.3 Å². The number of carbonyl (C=O) groups is 1. The lowest BCUT2D eigenvalue weighted by Crippen LogP contribution is -2.34. The van der Waals surface area contributed by atoms with Gasteiger partial charge in [0, 0.05) is 6.04 Å². The second-order valence-corrected chi connectivity index (χ2v) is 3.13. The minimum Gasteiger partial charge on any atom is -0.314 e. The zero-order valence-corrected chi connectivity index (χ0v) is 6.81. The topological polar surface area (TPSA) is 29.1 Å². The van der Waals surface area contributed by atoms with E-state index in [1.165, 1.54) is 19.3 Å². The van der Waals surface area contributed by atoms with Crippen LogP contribution in [0.15, 0.2) is 12.2 Å². The van der Waals surface area contributed by atoms with Crippen molar-refractivity contribution in [1.82, 2.24) is 5.32 Å². The summed E-state index contributed by atoms with van der Waals surface area (Å²) < 4.78 is 0. The summed E-state index contributed by atoms with van der Waals surface area (Å²) in [7, 11) is 0. The number of hydrogen-bond donors (Lipinski definition) is 1. The van der Waals surface area contributed by atoms with Crippen molar-refractivity contribution < 1.29 is 4.79 Å². The second kappa shape index (κ2) is 4.29. The number of rotatable bonds is 3. The van der Waals surface area contributed by atoms with Gasteiger partial charge in [0.15, 0.2) is 0 Å². The Kier molecular flexibility index (Phi) is 3.30. The minimum absolute atomic E-state index is 0.501. The van der Waals surface area contributed by atoms with Gasteiger partial charge in [-0.2, -0.15) is 0 Å². The fraction of sp³-hybridized carbons (Fsp3) is 0.667. The first-order valence-corrected chi connectivity index (χ1v) is 4.19. The molecule has 0 aromatic rings. The van der Waals surface area contributed by atoms with Crippen molar-refractivity contribution in [3.05, 3.63) is 12.2 Å². The molecule has 0 spiro atoms. The van der Waals surface area contributed by atoms with Crippen LogP contribution >= 0.6 is 0 Å². The van der Waals surface area contributed by atoms with Gasteiger partial charge in [0.05, 0.1) is 0 Å². The van der Waals surface area contributed by atoms with Crippen LogP contribution in [0.1, 0.15) is 25.7 Å². The average Bonchev–Trinajstić information content (AvgIpc) is 2.06. The number of aldehydes is 1. The Bertz CT molecular complexity index is 148. The van der Waals surface area contributed by atoms with E-state index in [9.17, 15) is 4.79 Å². The summed E-state index contributed by atoms with van der Waals surface area (Å²) in [4.78, 5) is 10.3. The van der Waals surface area contributed by atoms with Crippen LogP contribution in [-0.2, 0) is 4.79 Å². The third-order valence-corrected chi connectivity index (χ3v) is 2.09. The molecule has 0 radical (unpaired) electrons. The molecule has 1 aliphatic heterocycles. The molecule has 1 heterocycles. The van der Waals surface area contributed by atoms with Gasteiger partial charge in [0.1, 0.15) is 6.29 Å². The van der Waals surface area contributed by atoms with Gasteiger partial charge in [0.2, 0.25) is 0 Å². The Morgan fingerprint density at radius 1 is 1.64 bits per heavy atom. The highest BCUT2D eigenvalue weighted by Crippen LogP contribution is 2.12. The van der Waals surface area contributed by atoms with Crippen LogP contribution in [0, 0.1) is 0 Å². The molecule has 62 valence electrons. The molecule has 1 N–H and O–H groups in total. The van der Waals surface area contributed by atoms with E-state index in [0.29, 0.717) is 11.6 Å². The third-order valence-electron chi connectivity index (χ3n) is 2.09. The maximum atomic E-state index is 10.3. The molecular formula is C9H15NO. The predicted octanol–water partition coefficient (Wildman–Crippen LogP) is 1.27. The van der Waals surface area contributed by atoms with Gasteiger partial charge in [-0.3, -0.25) is 4.79 Å². The Labute approximate surface area is 67.7 Å². The van der Waals surface area contributed by atoms with Crippen LogP contribution in [0.4, 0.5) is 0 Å². The molecule has 0 amide bonds. The van der Waals surface area contributed by atoms with Crippen molar-refractivity contribution in [2.24, 2.45) is 0 Å². The molecule has 0 aliphatic carbocycles. The number of carbonyl (C=O) groups excluding carboxylic acids is 1. The zero-order valence-electron chi connectivity index (χ0n) is 6.81. The monoisotopic (exact) mass is 153 g/mol. The molecule has 2 heteroatoms. The van der Waals surface area contributed by atoms with Crippen molar-refractivity contribution in [3.8, 4) is 0 Å². The highest BCUT2D eigenvalue weighted by atomic mass is 16.1. The summed E-state index contributed by atoms with van der Waals surface area (Å²) in [6.07, 6.45) is 5.42. The first-order valence-electron chi connectivity index (χ1n) is 4.19. The summed E-state index contributed by atoms with van der Waals surface area (Å²) in [6.45, 7) is 4.75. The Morgan fingerprint density at radius 2 is 2.45 bits per heavy atom. The van der Waals surface area contributed by atoms with Crippen LogP contribution < -0.4 is 5.32 Å². The van der Waals surface area contributed by atoms with Crippen LogP contribution in [0.3, 0.4) is 0 Å². The van der Waals surface area contributed by atoms with Gasteiger partial charge in [-0.05, 0) is 31.4 Å². The normalized spacial score (nSPS) is 24.5. The molecule has 1 unspecified atom stereocenters. The minimum atomic E-state index is 0.501. The van der Waals surface area contributed by atoms with Gasteiger partial charge < -0.3 is 5.32 Å². The Hall–Kier alpha value is -0.630. The average molecular weight is 153 g/mol. The molecule has 11 heavy (non-hydrogen) atoms. The summed E-state index contributed by atoms with van der Waals surface area (Å²) in [5.74, 6) is 0. The predicted molar refractivity (Wildman–Crippen MR) is 45.5 cm³/mol. The second-order valence-electron chi connectivity index (χ2n) is 3.13. The molecular weight excluding hydrogens is 138 g/mol. The largest absolute Gasteiger partial charge is 0.314 e. The first kappa shape index (κ1) is 8.47. The molecule has 1 saturated heterocycles. The van der Waals surface area contributed by atoms with Crippen molar-refractivity contribution in [2.75, 3.05) is 6.54 Å². The fourth-order valence-electron chi connectivity index (χ4n) is 1.46.